The van der Waals surface area contributed by atoms with Crippen molar-refractivity contribution in [2.45, 2.75) is 6.92 Å². The molecule has 2 heterocycles. The molecule has 17 heavy (non-hydrogen) atoms. The summed E-state index contributed by atoms with van der Waals surface area (Å²) in [5.74, 6) is -0.290. The first-order valence-electron chi connectivity index (χ1n) is 5.08. The van der Waals surface area contributed by atoms with Crippen molar-refractivity contribution in [3.63, 3.8) is 0 Å². The van der Waals surface area contributed by atoms with E-state index in [0.717, 1.165) is 15.8 Å². The Morgan fingerprint density at radius 1 is 1.18 bits per heavy atom. The molecule has 0 fully saturated rings. The van der Waals surface area contributed by atoms with Crippen LogP contribution in [0.3, 0.4) is 0 Å². The Morgan fingerprint density at radius 3 is 2.82 bits per heavy atom. The molecule has 0 amide bonds. The number of aromatic nitrogens is 3. The number of halogens is 1. The maximum atomic E-state index is 13.9. The van der Waals surface area contributed by atoms with E-state index in [0.29, 0.717) is 10.6 Å². The normalized spacial score (nSPS) is 10.9. The fraction of sp³-hybridized carbons (Fsp3) is 0.0833. The van der Waals surface area contributed by atoms with Gasteiger partial charge in [-0.1, -0.05) is 11.3 Å². The van der Waals surface area contributed by atoms with Crippen LogP contribution in [0.1, 0.15) is 5.01 Å². The van der Waals surface area contributed by atoms with Gasteiger partial charge in [0, 0.05) is 23.3 Å². The Kier molecular flexibility index (Phi) is 2.33. The number of rotatable bonds is 1. The highest BCUT2D eigenvalue weighted by molar-refractivity contribution is 7.14. The Labute approximate surface area is 101 Å². The Bertz CT molecular complexity index is 693. The number of benzene rings is 1. The number of pyridine rings is 1. The van der Waals surface area contributed by atoms with E-state index in [-0.39, 0.29) is 5.82 Å². The van der Waals surface area contributed by atoms with Gasteiger partial charge in [0.05, 0.1) is 0 Å². The maximum absolute atomic E-state index is 13.9. The lowest BCUT2D eigenvalue weighted by atomic mass is 10.1. The summed E-state index contributed by atoms with van der Waals surface area (Å²) in [5, 5.41) is 11.0. The summed E-state index contributed by atoms with van der Waals surface area (Å²) in [5.41, 5.74) is 0.495. The zero-order valence-corrected chi connectivity index (χ0v) is 9.83. The van der Waals surface area contributed by atoms with E-state index in [1.54, 1.807) is 18.5 Å². The molecule has 0 aliphatic carbocycles. The lowest BCUT2D eigenvalue weighted by Crippen LogP contribution is -1.86. The predicted molar refractivity (Wildman–Crippen MR) is 65.3 cm³/mol. The van der Waals surface area contributed by atoms with Crippen LogP contribution in [0.25, 0.3) is 21.3 Å². The number of nitrogens with zero attached hydrogens (tertiary/aromatic N) is 3. The highest BCUT2D eigenvalue weighted by atomic mass is 32.1. The van der Waals surface area contributed by atoms with Gasteiger partial charge in [-0.3, -0.25) is 4.98 Å². The third-order valence-electron chi connectivity index (χ3n) is 2.48. The topological polar surface area (TPSA) is 38.7 Å². The monoisotopic (exact) mass is 245 g/mol. The first-order valence-corrected chi connectivity index (χ1v) is 5.89. The van der Waals surface area contributed by atoms with Crippen molar-refractivity contribution >= 4 is 22.1 Å². The second-order valence-electron chi connectivity index (χ2n) is 3.68. The number of fused-ring (bicyclic) bond motifs is 1. The van der Waals surface area contributed by atoms with Crippen LogP contribution >= 0.6 is 11.3 Å². The fourth-order valence-electron chi connectivity index (χ4n) is 1.68. The molecule has 3 aromatic rings. The summed E-state index contributed by atoms with van der Waals surface area (Å²) < 4.78 is 13.9. The Balaban J connectivity index is 2.26. The van der Waals surface area contributed by atoms with Crippen molar-refractivity contribution in [3.8, 4) is 10.6 Å². The first kappa shape index (κ1) is 10.3. The molecule has 3 nitrogen and oxygen atoms in total. The number of aryl methyl sites for hydroxylation is 1. The summed E-state index contributed by atoms with van der Waals surface area (Å²) in [6, 6.07) is 5.12. The summed E-state index contributed by atoms with van der Waals surface area (Å²) in [7, 11) is 0. The second-order valence-corrected chi connectivity index (χ2v) is 4.86. The van der Waals surface area contributed by atoms with Crippen molar-refractivity contribution in [2.24, 2.45) is 0 Å². The summed E-state index contributed by atoms with van der Waals surface area (Å²) >= 11 is 1.39. The van der Waals surface area contributed by atoms with E-state index in [1.807, 2.05) is 13.0 Å². The van der Waals surface area contributed by atoms with E-state index in [4.69, 9.17) is 0 Å². The van der Waals surface area contributed by atoms with Gasteiger partial charge in [0.1, 0.15) is 10.8 Å². The number of hydrogen-bond donors (Lipinski definition) is 0. The minimum absolute atomic E-state index is 0.290. The van der Waals surface area contributed by atoms with Crippen LogP contribution in [0.2, 0.25) is 0 Å². The standard InChI is InChI=1S/C12H8FN3S/c1-7-15-16-12(17-7)10-4-8-2-3-14-6-9(8)5-11(10)13/h2-6H,1H3. The molecule has 0 unspecified atom stereocenters. The average Bonchev–Trinajstić information content (AvgIpc) is 2.75. The average molecular weight is 245 g/mol. The van der Waals surface area contributed by atoms with Crippen LogP contribution < -0.4 is 0 Å². The summed E-state index contributed by atoms with van der Waals surface area (Å²) in [6.07, 6.45) is 3.34. The van der Waals surface area contributed by atoms with Crippen LogP contribution in [0.15, 0.2) is 30.6 Å². The smallest absolute Gasteiger partial charge is 0.150 e. The van der Waals surface area contributed by atoms with E-state index < -0.39 is 0 Å². The van der Waals surface area contributed by atoms with Crippen molar-refractivity contribution in [1.29, 1.82) is 0 Å². The second kappa shape index (κ2) is 3.85. The molecule has 0 radical (unpaired) electrons. The van der Waals surface area contributed by atoms with E-state index >= 15 is 0 Å². The molecule has 1 aromatic carbocycles. The van der Waals surface area contributed by atoms with Crippen molar-refractivity contribution in [1.82, 2.24) is 15.2 Å². The molecule has 0 saturated carbocycles. The highest BCUT2D eigenvalue weighted by Crippen LogP contribution is 2.29. The molecule has 0 aliphatic heterocycles. The molecule has 0 aliphatic rings. The summed E-state index contributed by atoms with van der Waals surface area (Å²) in [4.78, 5) is 3.97. The Hall–Kier alpha value is -1.88. The summed E-state index contributed by atoms with van der Waals surface area (Å²) in [6.45, 7) is 1.85. The van der Waals surface area contributed by atoms with Crippen LogP contribution in [0.5, 0.6) is 0 Å². The van der Waals surface area contributed by atoms with E-state index in [9.17, 15) is 4.39 Å². The molecule has 0 saturated heterocycles. The van der Waals surface area contributed by atoms with Gasteiger partial charge in [-0.05, 0) is 30.5 Å². The lowest BCUT2D eigenvalue weighted by molar-refractivity contribution is 0.632. The van der Waals surface area contributed by atoms with Gasteiger partial charge in [-0.25, -0.2) is 4.39 Å². The van der Waals surface area contributed by atoms with Gasteiger partial charge in [0.2, 0.25) is 0 Å². The minimum atomic E-state index is -0.290. The third kappa shape index (κ3) is 1.78. The van der Waals surface area contributed by atoms with E-state index in [2.05, 4.69) is 15.2 Å². The van der Waals surface area contributed by atoms with Crippen LogP contribution in [-0.4, -0.2) is 15.2 Å². The molecular weight excluding hydrogens is 237 g/mol. The van der Waals surface area contributed by atoms with Gasteiger partial charge in [0.25, 0.3) is 0 Å². The molecule has 84 valence electrons. The van der Waals surface area contributed by atoms with Crippen LogP contribution in [-0.2, 0) is 0 Å². The highest BCUT2D eigenvalue weighted by Gasteiger charge is 2.11. The third-order valence-corrected chi connectivity index (χ3v) is 3.35. The van der Waals surface area contributed by atoms with Gasteiger partial charge in [-0.2, -0.15) is 0 Å². The Morgan fingerprint density at radius 2 is 2.06 bits per heavy atom. The van der Waals surface area contributed by atoms with Crippen molar-refractivity contribution in [2.75, 3.05) is 0 Å². The minimum Gasteiger partial charge on any atom is -0.264 e. The molecule has 3 rings (SSSR count). The molecular formula is C12H8FN3S. The van der Waals surface area contributed by atoms with Gasteiger partial charge in [0.15, 0.2) is 5.01 Å². The lowest BCUT2D eigenvalue weighted by Gasteiger charge is -2.01. The van der Waals surface area contributed by atoms with Gasteiger partial charge < -0.3 is 0 Å². The van der Waals surface area contributed by atoms with Crippen molar-refractivity contribution in [3.05, 3.63) is 41.4 Å². The number of hydrogen-bond acceptors (Lipinski definition) is 4. The first-order chi connectivity index (χ1) is 8.24. The van der Waals surface area contributed by atoms with Gasteiger partial charge >= 0.3 is 0 Å². The molecule has 5 heteroatoms. The van der Waals surface area contributed by atoms with Gasteiger partial charge in [-0.15, -0.1) is 10.2 Å². The molecule has 0 atom stereocenters. The molecule has 2 aromatic heterocycles. The zero-order valence-electron chi connectivity index (χ0n) is 9.01. The van der Waals surface area contributed by atoms with E-state index in [1.165, 1.54) is 17.4 Å². The predicted octanol–water partition coefficient (Wildman–Crippen LogP) is 3.20. The molecule has 0 bridgehead atoms. The molecule has 0 N–H and O–H groups in total. The zero-order chi connectivity index (χ0) is 11.8. The molecule has 0 spiro atoms. The van der Waals surface area contributed by atoms with Crippen LogP contribution in [0.4, 0.5) is 4.39 Å². The van der Waals surface area contributed by atoms with Crippen molar-refractivity contribution < 1.29 is 4.39 Å². The van der Waals surface area contributed by atoms with Crippen LogP contribution in [0, 0.1) is 12.7 Å². The largest absolute Gasteiger partial charge is 0.264 e. The maximum Gasteiger partial charge on any atom is 0.150 e. The SMILES string of the molecule is Cc1nnc(-c2cc3ccncc3cc2F)s1. The quantitative estimate of drug-likeness (QED) is 0.660. The fourth-order valence-corrected chi connectivity index (χ4v) is 2.39.